The Bertz CT molecular complexity index is 509. The van der Waals surface area contributed by atoms with Crippen molar-refractivity contribution in [2.24, 2.45) is 12.8 Å². The fourth-order valence-corrected chi connectivity index (χ4v) is 1.98. The van der Waals surface area contributed by atoms with E-state index in [0.717, 1.165) is 11.4 Å². The van der Waals surface area contributed by atoms with Gasteiger partial charge < -0.3 is 15.8 Å². The zero-order valence-electron chi connectivity index (χ0n) is 14.9. The largest absolute Gasteiger partial charge is 0.444 e. The molecule has 0 radical (unpaired) electrons. The summed E-state index contributed by atoms with van der Waals surface area (Å²) in [5, 5.41) is 7.36. The maximum absolute atomic E-state index is 11.9. The van der Waals surface area contributed by atoms with Gasteiger partial charge in [0.15, 0.2) is 0 Å². The molecule has 0 aliphatic heterocycles. The van der Waals surface area contributed by atoms with Crippen LogP contribution < -0.4 is 11.1 Å². The molecule has 1 heterocycles. The van der Waals surface area contributed by atoms with Crippen LogP contribution in [0.15, 0.2) is 6.07 Å². The van der Waals surface area contributed by atoms with Crippen LogP contribution in [0.5, 0.6) is 0 Å². The van der Waals surface area contributed by atoms with Crippen LogP contribution in [0.4, 0.5) is 4.79 Å². The van der Waals surface area contributed by atoms with E-state index in [4.69, 9.17) is 10.5 Å². The maximum Gasteiger partial charge on any atom is 0.407 e. The quantitative estimate of drug-likeness (QED) is 0.892. The zero-order chi connectivity index (χ0) is 17.1. The molecule has 1 aromatic heterocycles. The number of nitrogens with one attached hydrogen (secondary N) is 1. The van der Waals surface area contributed by atoms with Crippen LogP contribution in [0, 0.1) is 0 Å². The van der Waals surface area contributed by atoms with Crippen LogP contribution in [0.2, 0.25) is 0 Å². The second-order valence-corrected chi connectivity index (χ2v) is 7.68. The van der Waals surface area contributed by atoms with Gasteiger partial charge in [-0.05, 0) is 26.8 Å². The van der Waals surface area contributed by atoms with Gasteiger partial charge in [-0.25, -0.2) is 4.79 Å². The van der Waals surface area contributed by atoms with E-state index < -0.39 is 11.7 Å². The summed E-state index contributed by atoms with van der Waals surface area (Å²) in [6.07, 6.45) is 0.177. The third kappa shape index (κ3) is 5.67. The minimum atomic E-state index is -0.519. The van der Waals surface area contributed by atoms with Crippen molar-refractivity contribution in [3.8, 4) is 0 Å². The van der Waals surface area contributed by atoms with Gasteiger partial charge in [0.05, 0.1) is 5.69 Å². The van der Waals surface area contributed by atoms with Gasteiger partial charge >= 0.3 is 6.09 Å². The van der Waals surface area contributed by atoms with E-state index in [1.54, 1.807) is 0 Å². The summed E-state index contributed by atoms with van der Waals surface area (Å²) in [7, 11) is 1.91. The number of nitrogens with zero attached hydrogens (tertiary/aromatic N) is 2. The second-order valence-electron chi connectivity index (χ2n) is 7.68. The summed E-state index contributed by atoms with van der Waals surface area (Å²) in [6, 6.07) is 1.89. The standard InChI is InChI=1S/C16H30N4O2/c1-15(2,3)13-9-12(20(7)19-13)8-11(10-17)18-14(21)22-16(4,5)6/h9,11H,8,10,17H2,1-7H3,(H,18,21). The van der Waals surface area contributed by atoms with E-state index in [1.165, 1.54) is 0 Å². The summed E-state index contributed by atoms with van der Waals surface area (Å²) in [6.45, 7) is 12.2. The molecule has 1 unspecified atom stereocenters. The molecular weight excluding hydrogens is 280 g/mol. The van der Waals surface area contributed by atoms with Gasteiger partial charge in [0.1, 0.15) is 5.60 Å². The van der Waals surface area contributed by atoms with Gasteiger partial charge in [0, 0.05) is 37.2 Å². The summed E-state index contributed by atoms with van der Waals surface area (Å²) >= 11 is 0. The third-order valence-electron chi connectivity index (χ3n) is 3.21. The Morgan fingerprint density at radius 1 is 1.36 bits per heavy atom. The van der Waals surface area contributed by atoms with Crippen LogP contribution in [0.25, 0.3) is 0 Å². The maximum atomic E-state index is 11.9. The molecule has 1 rings (SSSR count). The van der Waals surface area contributed by atoms with E-state index in [1.807, 2.05) is 32.5 Å². The summed E-state index contributed by atoms with van der Waals surface area (Å²) in [5.41, 5.74) is 7.31. The highest BCUT2D eigenvalue weighted by atomic mass is 16.6. The van der Waals surface area contributed by atoms with Crippen molar-refractivity contribution in [1.82, 2.24) is 15.1 Å². The van der Waals surface area contributed by atoms with Crippen LogP contribution >= 0.6 is 0 Å². The molecule has 1 amide bonds. The number of aromatic nitrogens is 2. The lowest BCUT2D eigenvalue weighted by molar-refractivity contribution is 0.0505. The lowest BCUT2D eigenvalue weighted by Crippen LogP contribution is -2.44. The first-order valence-corrected chi connectivity index (χ1v) is 7.65. The average Bonchev–Trinajstić information content (AvgIpc) is 2.67. The number of hydrogen-bond donors (Lipinski definition) is 2. The first kappa shape index (κ1) is 18.5. The van der Waals surface area contributed by atoms with E-state index in [2.05, 4.69) is 37.3 Å². The summed E-state index contributed by atoms with van der Waals surface area (Å²) in [4.78, 5) is 11.9. The summed E-state index contributed by atoms with van der Waals surface area (Å²) < 4.78 is 7.12. The molecule has 0 aliphatic carbocycles. The first-order chi connectivity index (χ1) is 9.92. The second kappa shape index (κ2) is 6.69. The molecule has 0 saturated heterocycles. The predicted octanol–water partition coefficient (Wildman–Crippen LogP) is 2.11. The first-order valence-electron chi connectivity index (χ1n) is 7.65. The Kier molecular flexibility index (Phi) is 5.62. The number of rotatable bonds is 4. The predicted molar refractivity (Wildman–Crippen MR) is 87.8 cm³/mol. The Morgan fingerprint density at radius 2 is 1.95 bits per heavy atom. The zero-order valence-corrected chi connectivity index (χ0v) is 14.9. The highest BCUT2D eigenvalue weighted by molar-refractivity contribution is 5.68. The van der Waals surface area contributed by atoms with Crippen molar-refractivity contribution in [2.75, 3.05) is 6.54 Å². The van der Waals surface area contributed by atoms with Gasteiger partial charge in [0.25, 0.3) is 0 Å². The normalized spacial score (nSPS) is 13.8. The van der Waals surface area contributed by atoms with Gasteiger partial charge in [-0.2, -0.15) is 5.10 Å². The topological polar surface area (TPSA) is 82.2 Å². The Labute approximate surface area is 133 Å². The van der Waals surface area contributed by atoms with Crippen molar-refractivity contribution < 1.29 is 9.53 Å². The Balaban J connectivity index is 2.75. The van der Waals surface area contributed by atoms with E-state index in [0.29, 0.717) is 13.0 Å². The smallest absolute Gasteiger partial charge is 0.407 e. The van der Waals surface area contributed by atoms with E-state index in [9.17, 15) is 4.79 Å². The minimum Gasteiger partial charge on any atom is -0.444 e. The van der Waals surface area contributed by atoms with Crippen molar-refractivity contribution in [2.45, 2.75) is 65.0 Å². The van der Waals surface area contributed by atoms with E-state index >= 15 is 0 Å². The third-order valence-corrected chi connectivity index (χ3v) is 3.21. The number of amides is 1. The number of nitrogens with two attached hydrogens (primary N) is 1. The molecule has 0 aromatic carbocycles. The highest BCUT2D eigenvalue weighted by Gasteiger charge is 2.22. The minimum absolute atomic E-state index is 0.00713. The number of ether oxygens (including phenoxy) is 1. The average molecular weight is 310 g/mol. The molecule has 1 aromatic rings. The van der Waals surface area contributed by atoms with Crippen LogP contribution in [-0.4, -0.2) is 34.1 Å². The van der Waals surface area contributed by atoms with E-state index in [-0.39, 0.29) is 11.5 Å². The van der Waals surface area contributed by atoms with Crippen LogP contribution in [-0.2, 0) is 23.6 Å². The Hall–Kier alpha value is -1.56. The molecule has 0 saturated carbocycles. The molecular formula is C16H30N4O2. The molecule has 0 spiro atoms. The number of alkyl carbamates (subject to hydrolysis) is 1. The van der Waals surface area contributed by atoms with Crippen molar-refractivity contribution in [3.05, 3.63) is 17.5 Å². The van der Waals surface area contributed by atoms with Crippen molar-refractivity contribution >= 4 is 6.09 Å². The number of carbonyl (C=O) groups excluding carboxylic acids is 1. The number of hydrogen-bond acceptors (Lipinski definition) is 4. The lowest BCUT2D eigenvalue weighted by atomic mass is 9.92. The SMILES string of the molecule is Cn1nc(C(C)(C)C)cc1CC(CN)NC(=O)OC(C)(C)C. The molecule has 6 heteroatoms. The monoisotopic (exact) mass is 310 g/mol. The molecule has 0 bridgehead atoms. The van der Waals surface area contributed by atoms with Gasteiger partial charge in [0.2, 0.25) is 0 Å². The number of carbonyl (C=O) groups is 1. The van der Waals surface area contributed by atoms with Gasteiger partial charge in [-0.1, -0.05) is 20.8 Å². The van der Waals surface area contributed by atoms with Crippen molar-refractivity contribution in [1.29, 1.82) is 0 Å². The van der Waals surface area contributed by atoms with Gasteiger partial charge in [-0.15, -0.1) is 0 Å². The summed E-state index contributed by atoms with van der Waals surface area (Å²) in [5.74, 6) is 0. The molecule has 6 nitrogen and oxygen atoms in total. The Morgan fingerprint density at radius 3 is 2.36 bits per heavy atom. The van der Waals surface area contributed by atoms with Gasteiger partial charge in [-0.3, -0.25) is 4.68 Å². The molecule has 126 valence electrons. The molecule has 0 fully saturated rings. The molecule has 22 heavy (non-hydrogen) atoms. The van der Waals surface area contributed by atoms with Crippen LogP contribution in [0.3, 0.4) is 0 Å². The van der Waals surface area contributed by atoms with Crippen molar-refractivity contribution in [3.63, 3.8) is 0 Å². The molecule has 1 atom stereocenters. The number of aryl methyl sites for hydroxylation is 1. The molecule has 0 aliphatic rings. The van der Waals surface area contributed by atoms with Crippen LogP contribution in [0.1, 0.15) is 52.9 Å². The molecule has 3 N–H and O–H groups in total. The fourth-order valence-electron chi connectivity index (χ4n) is 1.98. The lowest BCUT2D eigenvalue weighted by Gasteiger charge is -2.23. The fraction of sp³-hybridized carbons (Fsp3) is 0.750. The highest BCUT2D eigenvalue weighted by Crippen LogP contribution is 2.21.